The van der Waals surface area contributed by atoms with Crippen molar-refractivity contribution in [3.05, 3.63) is 102 Å². The molecule has 4 rings (SSSR count). The average Bonchev–Trinajstić information content (AvgIpc) is 3.50. The lowest BCUT2D eigenvalue weighted by atomic mass is 10.1. The summed E-state index contributed by atoms with van der Waals surface area (Å²) in [6, 6.07) is 12.1. The molecule has 0 saturated heterocycles. The van der Waals surface area contributed by atoms with Crippen molar-refractivity contribution in [1.82, 2.24) is 30.3 Å². The highest BCUT2D eigenvalue weighted by atomic mass is 19.1. The molecule has 0 radical (unpaired) electrons. The molecule has 0 aliphatic heterocycles. The number of H-pyrrole nitrogens is 1. The van der Waals surface area contributed by atoms with Gasteiger partial charge in [0.1, 0.15) is 18.5 Å². The van der Waals surface area contributed by atoms with E-state index < -0.39 is 0 Å². The first-order valence-corrected chi connectivity index (χ1v) is 9.86. The van der Waals surface area contributed by atoms with Gasteiger partial charge in [-0.1, -0.05) is 24.5 Å². The van der Waals surface area contributed by atoms with Crippen LogP contribution in [0.25, 0.3) is 11.4 Å². The Balaban J connectivity index is 1.52. The van der Waals surface area contributed by atoms with Crippen molar-refractivity contribution in [1.29, 1.82) is 0 Å². The van der Waals surface area contributed by atoms with Gasteiger partial charge in [-0.05, 0) is 60.4 Å². The molecule has 2 heterocycles. The molecule has 0 spiro atoms. The second-order valence-electron chi connectivity index (χ2n) is 6.97. The molecule has 0 bridgehead atoms. The van der Waals surface area contributed by atoms with Crippen LogP contribution in [0.2, 0.25) is 0 Å². The van der Waals surface area contributed by atoms with Gasteiger partial charge in [0.2, 0.25) is 0 Å². The molecule has 2 aromatic heterocycles. The van der Waals surface area contributed by atoms with Crippen molar-refractivity contribution in [2.24, 2.45) is 0 Å². The molecule has 0 unspecified atom stereocenters. The van der Waals surface area contributed by atoms with Gasteiger partial charge in [0.15, 0.2) is 0 Å². The van der Waals surface area contributed by atoms with Crippen LogP contribution in [-0.2, 0) is 6.42 Å². The zero-order valence-electron chi connectivity index (χ0n) is 16.8. The van der Waals surface area contributed by atoms with E-state index in [1.54, 1.807) is 29.4 Å². The predicted octanol–water partition coefficient (Wildman–Crippen LogP) is 3.72. The second-order valence-corrected chi connectivity index (χ2v) is 6.97. The van der Waals surface area contributed by atoms with Gasteiger partial charge < -0.3 is 5.32 Å². The van der Waals surface area contributed by atoms with Crippen LogP contribution in [0.15, 0.2) is 74.1 Å². The minimum absolute atomic E-state index is 0.284. The third-order valence-electron chi connectivity index (χ3n) is 4.76. The number of aromatic nitrogens is 5. The molecular formula is C24H21FN6. The van der Waals surface area contributed by atoms with Crippen molar-refractivity contribution in [3.8, 4) is 17.5 Å². The molecular weight excluding hydrogens is 391 g/mol. The van der Waals surface area contributed by atoms with E-state index >= 15 is 0 Å². The summed E-state index contributed by atoms with van der Waals surface area (Å²) in [5.41, 5.74) is 5.34. The fourth-order valence-electron chi connectivity index (χ4n) is 3.10. The lowest BCUT2D eigenvalue weighted by Crippen LogP contribution is -2.14. The number of aryl methyl sites for hydroxylation is 1. The topological polar surface area (TPSA) is 71.4 Å². The third-order valence-corrected chi connectivity index (χ3v) is 4.76. The van der Waals surface area contributed by atoms with Crippen molar-refractivity contribution in [2.45, 2.75) is 12.8 Å². The highest BCUT2D eigenvalue weighted by Crippen LogP contribution is 2.19. The number of halogens is 1. The summed E-state index contributed by atoms with van der Waals surface area (Å²) in [7, 11) is 0. The summed E-state index contributed by atoms with van der Waals surface area (Å²) in [6.07, 6.45) is 8.91. The van der Waals surface area contributed by atoms with Gasteiger partial charge in [-0.15, -0.1) is 10.2 Å². The molecule has 2 N–H and O–H groups in total. The highest BCUT2D eigenvalue weighted by Gasteiger charge is 2.07. The van der Waals surface area contributed by atoms with Gasteiger partial charge in [-0.2, -0.15) is 5.10 Å². The smallest absolute Gasteiger partial charge is 0.123 e. The first kappa shape index (κ1) is 20.1. The van der Waals surface area contributed by atoms with Crippen LogP contribution in [-0.4, -0.2) is 31.5 Å². The van der Waals surface area contributed by atoms with Crippen LogP contribution >= 0.6 is 0 Å². The Morgan fingerprint density at radius 1 is 1.10 bits per heavy atom. The molecule has 0 saturated carbocycles. The van der Waals surface area contributed by atoms with E-state index in [0.29, 0.717) is 0 Å². The number of nitrogens with one attached hydrogen (secondary N) is 2. The minimum Gasteiger partial charge on any atom is -0.385 e. The van der Waals surface area contributed by atoms with E-state index in [9.17, 15) is 4.39 Å². The van der Waals surface area contributed by atoms with Gasteiger partial charge in [0.25, 0.3) is 0 Å². The van der Waals surface area contributed by atoms with Crippen LogP contribution in [0.3, 0.4) is 0 Å². The first-order chi connectivity index (χ1) is 15.2. The van der Waals surface area contributed by atoms with Crippen LogP contribution in [0.5, 0.6) is 0 Å². The van der Waals surface area contributed by atoms with Gasteiger partial charge >= 0.3 is 0 Å². The zero-order chi connectivity index (χ0) is 21.5. The summed E-state index contributed by atoms with van der Waals surface area (Å²) in [4.78, 5) is 0. The Hall–Kier alpha value is -4.18. The maximum atomic E-state index is 13.2. The third kappa shape index (κ3) is 5.25. The second kappa shape index (κ2) is 9.55. The number of nitrogens with zero attached hydrogens (tertiary/aromatic N) is 4. The summed E-state index contributed by atoms with van der Waals surface area (Å²) in [6.45, 7) is 4.97. The highest BCUT2D eigenvalue weighted by molar-refractivity contribution is 5.67. The van der Waals surface area contributed by atoms with Crippen molar-refractivity contribution in [2.75, 3.05) is 6.54 Å². The lowest BCUT2D eigenvalue weighted by Gasteiger charge is -2.12. The van der Waals surface area contributed by atoms with Gasteiger partial charge in [-0.25, -0.2) is 4.39 Å². The van der Waals surface area contributed by atoms with Crippen molar-refractivity contribution >= 4 is 5.70 Å². The molecule has 0 amide bonds. The van der Waals surface area contributed by atoms with Crippen molar-refractivity contribution < 1.29 is 4.39 Å². The molecule has 154 valence electrons. The van der Waals surface area contributed by atoms with E-state index in [4.69, 9.17) is 0 Å². The number of benzene rings is 2. The van der Waals surface area contributed by atoms with Crippen LogP contribution in [0.1, 0.15) is 28.7 Å². The predicted molar refractivity (Wildman–Crippen MR) is 118 cm³/mol. The first-order valence-electron chi connectivity index (χ1n) is 9.86. The number of aromatic amines is 1. The molecule has 2 aromatic carbocycles. The van der Waals surface area contributed by atoms with E-state index in [0.717, 1.165) is 47.5 Å². The summed E-state index contributed by atoms with van der Waals surface area (Å²) in [5.74, 6) is 6.00. The fourth-order valence-corrected chi connectivity index (χ4v) is 3.10. The Morgan fingerprint density at radius 2 is 1.90 bits per heavy atom. The fraction of sp³-hybridized carbons (Fsp3) is 0.125. The van der Waals surface area contributed by atoms with Gasteiger partial charge in [0, 0.05) is 29.6 Å². The molecule has 31 heavy (non-hydrogen) atoms. The normalized spacial score (nSPS) is 10.4. The SMILES string of the molecule is C=C(NCCCc1cn[nH]c1)c1ccc(-n2cnnc2)c(C#Cc2ccc(F)cc2)c1. The average molecular weight is 412 g/mol. The van der Waals surface area contributed by atoms with Crippen LogP contribution < -0.4 is 5.32 Å². The van der Waals surface area contributed by atoms with Gasteiger partial charge in [0.05, 0.1) is 11.9 Å². The molecule has 4 aromatic rings. The Bertz CT molecular complexity index is 1200. The van der Waals surface area contributed by atoms with E-state index in [1.807, 2.05) is 30.6 Å². The van der Waals surface area contributed by atoms with Gasteiger partial charge in [-0.3, -0.25) is 9.67 Å². The van der Waals surface area contributed by atoms with E-state index in [1.165, 1.54) is 17.7 Å². The van der Waals surface area contributed by atoms with E-state index in [-0.39, 0.29) is 5.82 Å². The minimum atomic E-state index is -0.284. The molecule has 0 atom stereocenters. The Labute approximate surface area is 179 Å². The summed E-state index contributed by atoms with van der Waals surface area (Å²) < 4.78 is 15.0. The molecule has 0 aliphatic rings. The molecule has 6 nitrogen and oxygen atoms in total. The Kier molecular flexibility index (Phi) is 6.19. The van der Waals surface area contributed by atoms with Crippen LogP contribution in [0.4, 0.5) is 4.39 Å². The quantitative estimate of drug-likeness (QED) is 0.359. The summed E-state index contributed by atoms with van der Waals surface area (Å²) in [5, 5.41) is 17.9. The molecule has 7 heteroatoms. The zero-order valence-corrected chi connectivity index (χ0v) is 16.8. The van der Waals surface area contributed by atoms with E-state index in [2.05, 4.69) is 44.1 Å². The number of hydrogen-bond donors (Lipinski definition) is 2. The monoisotopic (exact) mass is 412 g/mol. The summed E-state index contributed by atoms with van der Waals surface area (Å²) >= 11 is 0. The Morgan fingerprint density at radius 3 is 2.65 bits per heavy atom. The largest absolute Gasteiger partial charge is 0.385 e. The number of rotatable bonds is 7. The molecule has 0 aliphatic carbocycles. The number of hydrogen-bond acceptors (Lipinski definition) is 4. The maximum Gasteiger partial charge on any atom is 0.123 e. The maximum absolute atomic E-state index is 13.2. The lowest BCUT2D eigenvalue weighted by molar-refractivity contribution is 0.627. The van der Waals surface area contributed by atoms with Crippen LogP contribution in [0, 0.1) is 17.7 Å². The van der Waals surface area contributed by atoms with Crippen molar-refractivity contribution in [3.63, 3.8) is 0 Å². The standard InChI is InChI=1S/C24H21FN6/c1-18(26-12-2-3-20-14-27-28-15-20)21-8-11-24(31-16-29-30-17-31)22(13-21)7-4-19-5-9-23(25)10-6-19/h5-6,8-11,13-17,26H,1-3,12H2,(H,27,28). The molecule has 0 fully saturated rings.